The zero-order chi connectivity index (χ0) is 12.4. The predicted octanol–water partition coefficient (Wildman–Crippen LogP) is 3.35. The molecule has 2 aromatic rings. The molecule has 0 saturated heterocycles. The number of benzene rings is 1. The molecule has 0 saturated carbocycles. The summed E-state index contributed by atoms with van der Waals surface area (Å²) in [6.45, 7) is 2.55. The molecule has 1 heterocycles. The van der Waals surface area contributed by atoms with Crippen molar-refractivity contribution in [1.82, 2.24) is 4.57 Å². The van der Waals surface area contributed by atoms with Crippen LogP contribution >= 0.6 is 11.6 Å². The molecule has 4 heteroatoms. The van der Waals surface area contributed by atoms with Gasteiger partial charge in [-0.15, -0.1) is 0 Å². The van der Waals surface area contributed by atoms with Gasteiger partial charge in [0.1, 0.15) is 5.82 Å². The number of nitrogens with two attached hydrogens (primary N) is 1. The van der Waals surface area contributed by atoms with Crippen LogP contribution in [0.2, 0.25) is 5.02 Å². The average molecular weight is 253 g/mol. The van der Waals surface area contributed by atoms with Gasteiger partial charge in [-0.1, -0.05) is 17.7 Å². The van der Waals surface area contributed by atoms with E-state index in [1.54, 1.807) is 6.07 Å². The summed E-state index contributed by atoms with van der Waals surface area (Å²) in [4.78, 5) is 0. The molecular weight excluding hydrogens is 239 g/mol. The summed E-state index contributed by atoms with van der Waals surface area (Å²) in [7, 11) is 0. The Balaban J connectivity index is 2.19. The van der Waals surface area contributed by atoms with Crippen molar-refractivity contribution in [3.8, 4) is 0 Å². The van der Waals surface area contributed by atoms with Crippen LogP contribution in [0, 0.1) is 5.82 Å². The highest BCUT2D eigenvalue weighted by atomic mass is 35.5. The number of hydrogen-bond donors (Lipinski definition) is 1. The SMILES string of the molecule is CC(N)c1ccn(Cc2ccc(F)cc2Cl)c1. The summed E-state index contributed by atoms with van der Waals surface area (Å²) in [6, 6.07) is 6.43. The zero-order valence-corrected chi connectivity index (χ0v) is 10.3. The molecule has 0 radical (unpaired) electrons. The van der Waals surface area contributed by atoms with E-state index >= 15 is 0 Å². The van der Waals surface area contributed by atoms with Crippen LogP contribution in [-0.4, -0.2) is 4.57 Å². The van der Waals surface area contributed by atoms with Gasteiger partial charge in [0.25, 0.3) is 0 Å². The van der Waals surface area contributed by atoms with Crippen LogP contribution in [-0.2, 0) is 6.54 Å². The minimum atomic E-state index is -0.317. The molecule has 0 aliphatic rings. The standard InChI is InChI=1S/C13H14ClFN2/c1-9(16)10-4-5-17(7-10)8-11-2-3-12(15)6-13(11)14/h2-7,9H,8,16H2,1H3. The quantitative estimate of drug-likeness (QED) is 0.892. The number of hydrogen-bond acceptors (Lipinski definition) is 1. The first-order valence-electron chi connectivity index (χ1n) is 5.41. The van der Waals surface area contributed by atoms with Crippen molar-refractivity contribution in [1.29, 1.82) is 0 Å². The molecular formula is C13H14ClFN2. The van der Waals surface area contributed by atoms with Gasteiger partial charge >= 0.3 is 0 Å². The van der Waals surface area contributed by atoms with Gasteiger partial charge in [0.15, 0.2) is 0 Å². The van der Waals surface area contributed by atoms with Gasteiger partial charge in [-0.25, -0.2) is 4.39 Å². The lowest BCUT2D eigenvalue weighted by Crippen LogP contribution is -2.04. The highest BCUT2D eigenvalue weighted by Crippen LogP contribution is 2.19. The maximum Gasteiger partial charge on any atom is 0.124 e. The Labute approximate surface area is 105 Å². The van der Waals surface area contributed by atoms with E-state index in [2.05, 4.69) is 0 Å². The fourth-order valence-electron chi connectivity index (χ4n) is 1.67. The molecule has 2 nitrogen and oxygen atoms in total. The first-order chi connectivity index (χ1) is 8.06. The molecule has 17 heavy (non-hydrogen) atoms. The van der Waals surface area contributed by atoms with Crippen LogP contribution < -0.4 is 5.73 Å². The number of nitrogens with zero attached hydrogens (tertiary/aromatic N) is 1. The molecule has 0 amide bonds. The summed E-state index contributed by atoms with van der Waals surface area (Å²) in [5.41, 5.74) is 7.74. The van der Waals surface area contributed by atoms with Crippen LogP contribution in [0.1, 0.15) is 24.1 Å². The van der Waals surface area contributed by atoms with E-state index in [1.807, 2.05) is 30.0 Å². The van der Waals surface area contributed by atoms with Crippen molar-refractivity contribution >= 4 is 11.6 Å². The van der Waals surface area contributed by atoms with E-state index in [4.69, 9.17) is 17.3 Å². The first kappa shape index (κ1) is 12.1. The molecule has 1 aromatic carbocycles. The zero-order valence-electron chi connectivity index (χ0n) is 9.53. The third-order valence-electron chi connectivity index (χ3n) is 2.67. The fraction of sp³-hybridized carbons (Fsp3) is 0.231. The molecule has 0 aliphatic heterocycles. The van der Waals surface area contributed by atoms with E-state index in [1.165, 1.54) is 12.1 Å². The molecule has 1 aromatic heterocycles. The normalized spacial score (nSPS) is 12.7. The van der Waals surface area contributed by atoms with Crippen molar-refractivity contribution in [3.63, 3.8) is 0 Å². The summed E-state index contributed by atoms with van der Waals surface area (Å²) >= 11 is 5.97. The van der Waals surface area contributed by atoms with Crippen molar-refractivity contribution in [2.75, 3.05) is 0 Å². The second-order valence-electron chi connectivity index (χ2n) is 4.14. The van der Waals surface area contributed by atoms with Gasteiger partial charge < -0.3 is 10.3 Å². The Kier molecular flexibility index (Phi) is 3.50. The molecule has 0 aliphatic carbocycles. The topological polar surface area (TPSA) is 30.9 Å². The summed E-state index contributed by atoms with van der Waals surface area (Å²) in [6.07, 6.45) is 3.92. The molecule has 1 unspecified atom stereocenters. The molecule has 2 rings (SSSR count). The van der Waals surface area contributed by atoms with Gasteiger partial charge in [-0.2, -0.15) is 0 Å². The summed E-state index contributed by atoms with van der Waals surface area (Å²) < 4.78 is 14.9. The number of halogens is 2. The van der Waals surface area contributed by atoms with E-state index in [0.717, 1.165) is 11.1 Å². The third-order valence-corrected chi connectivity index (χ3v) is 3.02. The molecule has 90 valence electrons. The fourth-order valence-corrected chi connectivity index (χ4v) is 1.90. The minimum absolute atomic E-state index is 0.0138. The van der Waals surface area contributed by atoms with Gasteiger partial charge in [0, 0.05) is 30.0 Å². The van der Waals surface area contributed by atoms with E-state index in [9.17, 15) is 4.39 Å². The van der Waals surface area contributed by atoms with E-state index < -0.39 is 0 Å². The monoisotopic (exact) mass is 252 g/mol. The van der Waals surface area contributed by atoms with Crippen molar-refractivity contribution < 1.29 is 4.39 Å². The van der Waals surface area contributed by atoms with Crippen LogP contribution in [0.3, 0.4) is 0 Å². The van der Waals surface area contributed by atoms with Crippen LogP contribution in [0.4, 0.5) is 4.39 Å². The molecule has 0 bridgehead atoms. The van der Waals surface area contributed by atoms with Crippen molar-refractivity contribution in [2.24, 2.45) is 5.73 Å². The Morgan fingerprint density at radius 3 is 2.76 bits per heavy atom. The average Bonchev–Trinajstić information content (AvgIpc) is 2.71. The maximum atomic E-state index is 12.9. The summed E-state index contributed by atoms with van der Waals surface area (Å²) in [5, 5.41) is 0.445. The van der Waals surface area contributed by atoms with E-state index in [0.29, 0.717) is 11.6 Å². The Morgan fingerprint density at radius 2 is 2.18 bits per heavy atom. The van der Waals surface area contributed by atoms with E-state index in [-0.39, 0.29) is 11.9 Å². The molecule has 1 atom stereocenters. The molecule has 0 fully saturated rings. The van der Waals surface area contributed by atoms with Crippen LogP contribution in [0.15, 0.2) is 36.7 Å². The smallest absolute Gasteiger partial charge is 0.124 e. The first-order valence-corrected chi connectivity index (χ1v) is 5.79. The Bertz CT molecular complexity index is 520. The van der Waals surface area contributed by atoms with Gasteiger partial charge in [-0.05, 0) is 36.2 Å². The highest BCUT2D eigenvalue weighted by molar-refractivity contribution is 6.31. The van der Waals surface area contributed by atoms with Gasteiger partial charge in [0.2, 0.25) is 0 Å². The second-order valence-corrected chi connectivity index (χ2v) is 4.55. The van der Waals surface area contributed by atoms with Gasteiger partial charge in [0.05, 0.1) is 0 Å². The van der Waals surface area contributed by atoms with Crippen molar-refractivity contribution in [3.05, 3.63) is 58.6 Å². The van der Waals surface area contributed by atoms with Gasteiger partial charge in [-0.3, -0.25) is 0 Å². The largest absolute Gasteiger partial charge is 0.350 e. The maximum absolute atomic E-state index is 12.9. The lowest BCUT2D eigenvalue weighted by molar-refractivity contribution is 0.626. The number of aromatic nitrogens is 1. The predicted molar refractivity (Wildman–Crippen MR) is 67.5 cm³/mol. The Morgan fingerprint density at radius 1 is 1.41 bits per heavy atom. The molecule has 2 N–H and O–H groups in total. The van der Waals surface area contributed by atoms with Crippen LogP contribution in [0.25, 0.3) is 0 Å². The highest BCUT2D eigenvalue weighted by Gasteiger charge is 2.05. The van der Waals surface area contributed by atoms with Crippen LogP contribution in [0.5, 0.6) is 0 Å². The third kappa shape index (κ3) is 2.87. The lowest BCUT2D eigenvalue weighted by atomic mass is 10.2. The molecule has 0 spiro atoms. The summed E-state index contributed by atoms with van der Waals surface area (Å²) in [5.74, 6) is -0.317. The minimum Gasteiger partial charge on any atom is -0.350 e. The number of rotatable bonds is 3. The second kappa shape index (κ2) is 4.90. The Hall–Kier alpha value is -1.32. The lowest BCUT2D eigenvalue weighted by Gasteiger charge is -2.06. The van der Waals surface area contributed by atoms with Crippen molar-refractivity contribution in [2.45, 2.75) is 19.5 Å².